The van der Waals surface area contributed by atoms with E-state index in [9.17, 15) is 5.11 Å². The van der Waals surface area contributed by atoms with Gasteiger partial charge in [0.1, 0.15) is 6.07 Å². The van der Waals surface area contributed by atoms with E-state index in [1.807, 2.05) is 0 Å². The Morgan fingerprint density at radius 2 is 2.06 bits per heavy atom. The van der Waals surface area contributed by atoms with Crippen molar-refractivity contribution in [1.82, 2.24) is 0 Å². The Hall–Kier alpha value is -1.24. The van der Waals surface area contributed by atoms with Gasteiger partial charge in [-0.25, -0.2) is 0 Å². The Kier molecular flexibility index (Phi) is 5.46. The standard InChI is InChI=1S/C14H19ClN2O/c1-3-14(4-2,10-18)9-17-13-6-5-12(15)7-11(13)8-16/h5-7,17-18H,3-4,9-10H2,1-2H3. The van der Waals surface area contributed by atoms with Crippen molar-refractivity contribution in [2.45, 2.75) is 26.7 Å². The maximum Gasteiger partial charge on any atom is 0.101 e. The van der Waals surface area contributed by atoms with E-state index in [4.69, 9.17) is 16.9 Å². The highest BCUT2D eigenvalue weighted by Crippen LogP contribution is 2.27. The van der Waals surface area contributed by atoms with E-state index in [0.717, 1.165) is 18.5 Å². The lowest BCUT2D eigenvalue weighted by Crippen LogP contribution is -2.32. The van der Waals surface area contributed by atoms with Gasteiger partial charge in [0.25, 0.3) is 0 Å². The van der Waals surface area contributed by atoms with Crippen molar-refractivity contribution in [2.24, 2.45) is 5.41 Å². The zero-order valence-corrected chi connectivity index (χ0v) is 11.6. The number of hydrogen-bond donors (Lipinski definition) is 2. The van der Waals surface area contributed by atoms with E-state index in [0.29, 0.717) is 17.1 Å². The summed E-state index contributed by atoms with van der Waals surface area (Å²) in [6, 6.07) is 7.31. The Morgan fingerprint density at radius 3 is 2.56 bits per heavy atom. The Labute approximate surface area is 113 Å². The summed E-state index contributed by atoms with van der Waals surface area (Å²) >= 11 is 5.85. The summed E-state index contributed by atoms with van der Waals surface area (Å²) in [5, 5.41) is 22.3. The van der Waals surface area contributed by atoms with Crippen molar-refractivity contribution in [1.29, 1.82) is 5.26 Å². The quantitative estimate of drug-likeness (QED) is 0.829. The molecule has 98 valence electrons. The van der Waals surface area contributed by atoms with Crippen molar-refractivity contribution < 1.29 is 5.11 Å². The number of nitriles is 1. The van der Waals surface area contributed by atoms with Crippen LogP contribution in [-0.4, -0.2) is 18.3 Å². The normalized spacial score (nSPS) is 11.1. The van der Waals surface area contributed by atoms with Crippen LogP contribution in [0.5, 0.6) is 0 Å². The molecule has 0 bridgehead atoms. The molecule has 0 aromatic heterocycles. The number of anilines is 1. The average Bonchev–Trinajstić information content (AvgIpc) is 2.42. The van der Waals surface area contributed by atoms with Crippen LogP contribution in [0.4, 0.5) is 5.69 Å². The Bertz CT molecular complexity index is 428. The van der Waals surface area contributed by atoms with Crippen LogP contribution >= 0.6 is 11.6 Å². The molecule has 1 aromatic carbocycles. The fourth-order valence-corrected chi connectivity index (χ4v) is 2.00. The minimum atomic E-state index is -0.133. The van der Waals surface area contributed by atoms with E-state index in [1.165, 1.54) is 0 Å². The lowest BCUT2D eigenvalue weighted by atomic mass is 9.83. The molecule has 0 amide bonds. The fraction of sp³-hybridized carbons (Fsp3) is 0.500. The predicted octanol–water partition coefficient (Wildman–Crippen LogP) is 3.42. The Balaban J connectivity index is 2.83. The number of hydrogen-bond acceptors (Lipinski definition) is 3. The molecule has 4 heteroatoms. The van der Waals surface area contributed by atoms with Crippen molar-refractivity contribution in [3.63, 3.8) is 0 Å². The lowest BCUT2D eigenvalue weighted by Gasteiger charge is -2.30. The highest BCUT2D eigenvalue weighted by Gasteiger charge is 2.25. The second kappa shape index (κ2) is 6.63. The summed E-state index contributed by atoms with van der Waals surface area (Å²) in [7, 11) is 0. The first-order chi connectivity index (χ1) is 8.60. The maximum absolute atomic E-state index is 9.50. The third kappa shape index (κ3) is 3.38. The van der Waals surface area contributed by atoms with Gasteiger partial charge in [-0.2, -0.15) is 5.26 Å². The van der Waals surface area contributed by atoms with E-state index in [1.54, 1.807) is 18.2 Å². The number of halogens is 1. The fourth-order valence-electron chi connectivity index (χ4n) is 1.83. The molecule has 3 nitrogen and oxygen atoms in total. The molecule has 0 saturated heterocycles. The van der Waals surface area contributed by atoms with Gasteiger partial charge in [0, 0.05) is 17.0 Å². The summed E-state index contributed by atoms with van der Waals surface area (Å²) in [5.74, 6) is 0. The molecule has 0 heterocycles. The van der Waals surface area contributed by atoms with Crippen LogP contribution in [0.25, 0.3) is 0 Å². The highest BCUT2D eigenvalue weighted by atomic mass is 35.5. The Morgan fingerprint density at radius 1 is 1.39 bits per heavy atom. The van der Waals surface area contributed by atoms with E-state index >= 15 is 0 Å². The van der Waals surface area contributed by atoms with Crippen LogP contribution in [0.1, 0.15) is 32.3 Å². The number of nitrogens with zero attached hydrogens (tertiary/aromatic N) is 1. The van der Waals surface area contributed by atoms with Crippen molar-refractivity contribution in [3.8, 4) is 6.07 Å². The summed E-state index contributed by atoms with van der Waals surface area (Å²) < 4.78 is 0. The summed E-state index contributed by atoms with van der Waals surface area (Å²) in [5.41, 5.74) is 1.16. The molecule has 0 radical (unpaired) electrons. The molecule has 0 saturated carbocycles. The average molecular weight is 267 g/mol. The molecular weight excluding hydrogens is 248 g/mol. The van der Waals surface area contributed by atoms with Crippen LogP contribution in [0, 0.1) is 16.7 Å². The smallest absolute Gasteiger partial charge is 0.101 e. The monoisotopic (exact) mass is 266 g/mol. The predicted molar refractivity (Wildman–Crippen MR) is 74.8 cm³/mol. The molecule has 0 unspecified atom stereocenters. The molecule has 0 aliphatic heterocycles. The molecule has 18 heavy (non-hydrogen) atoms. The second-order valence-electron chi connectivity index (χ2n) is 4.52. The highest BCUT2D eigenvalue weighted by molar-refractivity contribution is 6.30. The molecule has 0 aliphatic rings. The molecule has 0 aliphatic carbocycles. The minimum absolute atomic E-state index is 0.133. The van der Waals surface area contributed by atoms with Gasteiger partial charge in [0.05, 0.1) is 17.9 Å². The molecule has 0 spiro atoms. The largest absolute Gasteiger partial charge is 0.396 e. The molecule has 1 rings (SSSR count). The van der Waals surface area contributed by atoms with E-state index in [2.05, 4.69) is 25.2 Å². The zero-order chi connectivity index (χ0) is 13.6. The summed E-state index contributed by atoms with van der Waals surface area (Å²) in [6.07, 6.45) is 1.78. The minimum Gasteiger partial charge on any atom is -0.396 e. The van der Waals surface area contributed by atoms with Crippen LogP contribution in [0.3, 0.4) is 0 Å². The number of aliphatic hydroxyl groups excluding tert-OH is 1. The molecular formula is C14H19ClN2O. The topological polar surface area (TPSA) is 56.0 Å². The van der Waals surface area contributed by atoms with Gasteiger partial charge in [-0.3, -0.25) is 0 Å². The number of rotatable bonds is 6. The number of nitrogens with one attached hydrogen (secondary N) is 1. The number of benzene rings is 1. The summed E-state index contributed by atoms with van der Waals surface area (Å²) in [4.78, 5) is 0. The van der Waals surface area contributed by atoms with Crippen LogP contribution < -0.4 is 5.32 Å². The number of aliphatic hydroxyl groups is 1. The van der Waals surface area contributed by atoms with Crippen LogP contribution in [-0.2, 0) is 0 Å². The van der Waals surface area contributed by atoms with Crippen LogP contribution in [0.2, 0.25) is 5.02 Å². The van der Waals surface area contributed by atoms with Gasteiger partial charge >= 0.3 is 0 Å². The van der Waals surface area contributed by atoms with Gasteiger partial charge in [-0.15, -0.1) is 0 Å². The first-order valence-corrected chi connectivity index (χ1v) is 6.53. The van der Waals surface area contributed by atoms with E-state index in [-0.39, 0.29) is 12.0 Å². The second-order valence-corrected chi connectivity index (χ2v) is 4.96. The SMILES string of the molecule is CCC(CC)(CO)CNc1ccc(Cl)cc1C#N. The molecule has 0 fully saturated rings. The third-order valence-electron chi connectivity index (χ3n) is 3.59. The molecule has 0 atom stereocenters. The van der Waals surface area contributed by atoms with Crippen molar-refractivity contribution in [2.75, 3.05) is 18.5 Å². The third-order valence-corrected chi connectivity index (χ3v) is 3.83. The van der Waals surface area contributed by atoms with E-state index < -0.39 is 0 Å². The maximum atomic E-state index is 9.50. The zero-order valence-electron chi connectivity index (χ0n) is 10.8. The van der Waals surface area contributed by atoms with Gasteiger partial charge in [0.2, 0.25) is 0 Å². The summed E-state index contributed by atoms with van der Waals surface area (Å²) in [6.45, 7) is 4.91. The van der Waals surface area contributed by atoms with Crippen LogP contribution in [0.15, 0.2) is 18.2 Å². The van der Waals surface area contributed by atoms with Gasteiger partial charge < -0.3 is 10.4 Å². The van der Waals surface area contributed by atoms with Gasteiger partial charge in [-0.05, 0) is 31.0 Å². The molecule has 1 aromatic rings. The van der Waals surface area contributed by atoms with Crippen molar-refractivity contribution in [3.05, 3.63) is 28.8 Å². The van der Waals surface area contributed by atoms with Gasteiger partial charge in [0.15, 0.2) is 0 Å². The first kappa shape index (κ1) is 14.8. The lowest BCUT2D eigenvalue weighted by molar-refractivity contribution is 0.127. The molecule has 2 N–H and O–H groups in total. The van der Waals surface area contributed by atoms with Gasteiger partial charge in [-0.1, -0.05) is 25.4 Å². The first-order valence-electron chi connectivity index (χ1n) is 6.15. The van der Waals surface area contributed by atoms with Crippen molar-refractivity contribution >= 4 is 17.3 Å².